The summed E-state index contributed by atoms with van der Waals surface area (Å²) in [5.74, 6) is -0.751. The molecule has 9 heteroatoms. The van der Waals surface area contributed by atoms with E-state index in [-0.39, 0.29) is 18.5 Å². The van der Waals surface area contributed by atoms with E-state index >= 15 is 0 Å². The van der Waals surface area contributed by atoms with E-state index in [4.69, 9.17) is 0 Å². The minimum Gasteiger partial charge on any atom is -0.352 e. The second-order valence-corrected chi connectivity index (χ2v) is 10.6. The number of sulfonamides is 1. The van der Waals surface area contributed by atoms with Crippen LogP contribution in [-0.4, -0.2) is 50.0 Å². The van der Waals surface area contributed by atoms with Gasteiger partial charge in [0.2, 0.25) is 21.8 Å². The van der Waals surface area contributed by atoms with Gasteiger partial charge in [0.15, 0.2) is 0 Å². The van der Waals surface area contributed by atoms with Crippen LogP contribution in [0.3, 0.4) is 0 Å². The van der Waals surface area contributed by atoms with E-state index in [1.54, 1.807) is 37.3 Å². The number of nitrogens with one attached hydrogen (secondary N) is 1. The van der Waals surface area contributed by atoms with Gasteiger partial charge in [0.05, 0.1) is 11.9 Å². The molecule has 2 atom stereocenters. The predicted molar refractivity (Wildman–Crippen MR) is 131 cm³/mol. The van der Waals surface area contributed by atoms with Gasteiger partial charge in [-0.25, -0.2) is 8.42 Å². The number of rotatable bonds is 10. The number of amides is 2. The Hall–Kier alpha value is -2.39. The van der Waals surface area contributed by atoms with Crippen molar-refractivity contribution in [2.75, 3.05) is 17.1 Å². The molecule has 2 amide bonds. The summed E-state index contributed by atoms with van der Waals surface area (Å²) >= 11 is 3.42. The SMILES string of the molecule is CC[C@@H](C)NC(=O)[C@@H](C)N(Cc1cccc(Br)c1)C(=O)CN(c1ccccc1)S(C)(=O)=O. The highest BCUT2D eigenvalue weighted by atomic mass is 79.9. The van der Waals surface area contributed by atoms with Gasteiger partial charge in [-0.2, -0.15) is 0 Å². The van der Waals surface area contributed by atoms with Gasteiger partial charge in [0.25, 0.3) is 0 Å². The molecule has 0 aliphatic rings. The third-order valence-corrected chi connectivity index (χ3v) is 6.77. The fraction of sp³-hybridized carbons (Fsp3) is 0.391. The van der Waals surface area contributed by atoms with Crippen LogP contribution in [0, 0.1) is 0 Å². The molecule has 0 heterocycles. The van der Waals surface area contributed by atoms with E-state index in [1.807, 2.05) is 38.1 Å². The van der Waals surface area contributed by atoms with E-state index in [1.165, 1.54) is 4.90 Å². The summed E-state index contributed by atoms with van der Waals surface area (Å²) in [4.78, 5) is 27.6. The quantitative estimate of drug-likeness (QED) is 0.515. The lowest BCUT2D eigenvalue weighted by molar-refractivity contribution is -0.139. The highest BCUT2D eigenvalue weighted by molar-refractivity contribution is 9.10. The standard InChI is InChI=1S/C23H30BrN3O4S/c1-5-17(2)25-23(29)18(3)26(15-19-10-9-11-20(24)14-19)22(28)16-27(32(4,30)31)21-12-7-6-8-13-21/h6-14,17-18H,5,15-16H2,1-4H3,(H,25,29)/t17-,18-/m1/s1. The third kappa shape index (κ3) is 7.34. The first-order chi connectivity index (χ1) is 15.0. The molecular weight excluding hydrogens is 494 g/mol. The fourth-order valence-electron chi connectivity index (χ4n) is 3.09. The Kier molecular flexibility index (Phi) is 9.27. The molecule has 0 radical (unpaired) electrons. The number of anilines is 1. The topological polar surface area (TPSA) is 86.8 Å². The van der Waals surface area contributed by atoms with Crippen LogP contribution < -0.4 is 9.62 Å². The van der Waals surface area contributed by atoms with Gasteiger partial charge < -0.3 is 10.2 Å². The zero-order valence-electron chi connectivity index (χ0n) is 18.8. The molecule has 0 bridgehead atoms. The molecule has 1 N–H and O–H groups in total. The Labute approximate surface area is 199 Å². The van der Waals surface area contributed by atoms with Crippen LogP contribution in [0.25, 0.3) is 0 Å². The minimum absolute atomic E-state index is 0.0374. The smallest absolute Gasteiger partial charge is 0.244 e. The molecule has 0 unspecified atom stereocenters. The first kappa shape index (κ1) is 25.9. The van der Waals surface area contributed by atoms with Crippen LogP contribution in [-0.2, 0) is 26.2 Å². The second kappa shape index (κ2) is 11.5. The molecule has 0 saturated heterocycles. The van der Waals surface area contributed by atoms with Crippen LogP contribution in [0.4, 0.5) is 5.69 Å². The number of carbonyl (C=O) groups is 2. The molecule has 0 aromatic heterocycles. The van der Waals surface area contributed by atoms with Crippen molar-refractivity contribution in [3.8, 4) is 0 Å². The molecule has 2 rings (SSSR count). The first-order valence-electron chi connectivity index (χ1n) is 10.4. The van der Waals surface area contributed by atoms with Gasteiger partial charge in [-0.1, -0.05) is 53.2 Å². The van der Waals surface area contributed by atoms with Crippen molar-refractivity contribution in [1.82, 2.24) is 10.2 Å². The van der Waals surface area contributed by atoms with Gasteiger partial charge >= 0.3 is 0 Å². The normalized spacial score (nSPS) is 13.2. The Balaban J connectivity index is 2.36. The maximum atomic E-state index is 13.4. The fourth-order valence-corrected chi connectivity index (χ4v) is 4.38. The summed E-state index contributed by atoms with van der Waals surface area (Å²) in [6.45, 7) is 5.27. The average Bonchev–Trinajstić information content (AvgIpc) is 2.74. The second-order valence-electron chi connectivity index (χ2n) is 7.75. The minimum atomic E-state index is -3.72. The Morgan fingerprint density at radius 1 is 1.06 bits per heavy atom. The molecule has 7 nitrogen and oxygen atoms in total. The van der Waals surface area contributed by atoms with Crippen molar-refractivity contribution in [3.63, 3.8) is 0 Å². The first-order valence-corrected chi connectivity index (χ1v) is 13.0. The third-order valence-electron chi connectivity index (χ3n) is 5.13. The monoisotopic (exact) mass is 523 g/mol. The predicted octanol–water partition coefficient (Wildman–Crippen LogP) is 3.55. The van der Waals surface area contributed by atoms with Gasteiger partial charge in [0, 0.05) is 17.1 Å². The van der Waals surface area contributed by atoms with Gasteiger partial charge in [-0.15, -0.1) is 0 Å². The number of halogens is 1. The van der Waals surface area contributed by atoms with Crippen LogP contribution in [0.15, 0.2) is 59.1 Å². The number of benzene rings is 2. The van der Waals surface area contributed by atoms with E-state index in [0.29, 0.717) is 5.69 Å². The van der Waals surface area contributed by atoms with Crippen molar-refractivity contribution in [3.05, 3.63) is 64.6 Å². The number of para-hydroxylation sites is 1. The lowest BCUT2D eigenvalue weighted by Crippen LogP contribution is -2.52. The molecule has 174 valence electrons. The van der Waals surface area contributed by atoms with Crippen LogP contribution in [0.5, 0.6) is 0 Å². The summed E-state index contributed by atoms with van der Waals surface area (Å²) in [5, 5.41) is 2.90. The van der Waals surface area contributed by atoms with Crippen molar-refractivity contribution >= 4 is 43.5 Å². The van der Waals surface area contributed by atoms with Gasteiger partial charge in [-0.05, 0) is 50.1 Å². The van der Waals surface area contributed by atoms with Crippen molar-refractivity contribution < 1.29 is 18.0 Å². The van der Waals surface area contributed by atoms with Crippen molar-refractivity contribution in [2.24, 2.45) is 0 Å². The highest BCUT2D eigenvalue weighted by Crippen LogP contribution is 2.19. The lowest BCUT2D eigenvalue weighted by Gasteiger charge is -2.32. The zero-order chi connectivity index (χ0) is 23.9. The molecule has 32 heavy (non-hydrogen) atoms. The number of hydrogen-bond acceptors (Lipinski definition) is 4. The number of hydrogen-bond donors (Lipinski definition) is 1. The van der Waals surface area contributed by atoms with Crippen molar-refractivity contribution in [1.29, 1.82) is 0 Å². The number of carbonyl (C=O) groups excluding carboxylic acids is 2. The number of nitrogens with zero attached hydrogens (tertiary/aromatic N) is 2. The summed E-state index contributed by atoms with van der Waals surface area (Å²) in [7, 11) is -3.72. The van der Waals surface area contributed by atoms with E-state index in [9.17, 15) is 18.0 Å². The van der Waals surface area contributed by atoms with E-state index in [0.717, 1.165) is 27.0 Å². The van der Waals surface area contributed by atoms with Crippen molar-refractivity contribution in [2.45, 2.75) is 45.8 Å². The van der Waals surface area contributed by atoms with Crippen LogP contribution >= 0.6 is 15.9 Å². The maximum absolute atomic E-state index is 13.4. The molecule has 0 aliphatic heterocycles. The Morgan fingerprint density at radius 3 is 2.28 bits per heavy atom. The van der Waals surface area contributed by atoms with E-state index in [2.05, 4.69) is 21.2 Å². The van der Waals surface area contributed by atoms with Crippen LogP contribution in [0.2, 0.25) is 0 Å². The summed E-state index contributed by atoms with van der Waals surface area (Å²) in [6, 6.07) is 15.1. The lowest BCUT2D eigenvalue weighted by atomic mass is 10.1. The molecule has 0 aliphatic carbocycles. The average molecular weight is 524 g/mol. The Bertz CT molecular complexity index is 1030. The molecule has 0 fully saturated rings. The summed E-state index contributed by atoms with van der Waals surface area (Å²) in [5.41, 5.74) is 1.21. The molecule has 0 spiro atoms. The Morgan fingerprint density at radius 2 is 1.72 bits per heavy atom. The summed E-state index contributed by atoms with van der Waals surface area (Å²) in [6.07, 6.45) is 1.82. The molecule has 2 aromatic rings. The van der Waals surface area contributed by atoms with Gasteiger partial charge in [0.1, 0.15) is 12.6 Å². The molecule has 2 aromatic carbocycles. The molecule has 0 saturated carbocycles. The zero-order valence-corrected chi connectivity index (χ0v) is 21.2. The van der Waals surface area contributed by atoms with E-state index < -0.39 is 28.5 Å². The summed E-state index contributed by atoms with van der Waals surface area (Å²) < 4.78 is 26.8. The van der Waals surface area contributed by atoms with Gasteiger partial charge in [-0.3, -0.25) is 13.9 Å². The highest BCUT2D eigenvalue weighted by Gasteiger charge is 2.30. The van der Waals surface area contributed by atoms with Crippen LogP contribution in [0.1, 0.15) is 32.8 Å². The maximum Gasteiger partial charge on any atom is 0.244 e. The largest absolute Gasteiger partial charge is 0.352 e. The molecular formula is C23H30BrN3O4S.